The van der Waals surface area contributed by atoms with Gasteiger partial charge in [0.1, 0.15) is 17.8 Å². The molecule has 0 bridgehead atoms. The predicted molar refractivity (Wildman–Crippen MR) is 65.0 cm³/mol. The van der Waals surface area contributed by atoms with Crippen molar-refractivity contribution in [3.8, 4) is 11.6 Å². The molecule has 1 aliphatic carbocycles. The van der Waals surface area contributed by atoms with Crippen LogP contribution in [0.5, 0.6) is 11.6 Å². The van der Waals surface area contributed by atoms with Crippen LogP contribution in [0.2, 0.25) is 0 Å². The standard InChI is InChI=1S/C13H13N3O/c14-12-7-15-8-16-13(12)17-11-5-4-9-2-1-3-10(9)6-11/h4-8H,1-3,14H2. The Morgan fingerprint density at radius 3 is 2.94 bits per heavy atom. The number of ether oxygens (including phenoxy) is 1. The van der Waals surface area contributed by atoms with Gasteiger partial charge in [0.05, 0.1) is 6.20 Å². The first-order chi connectivity index (χ1) is 8.33. The fraction of sp³-hybridized carbons (Fsp3) is 0.231. The van der Waals surface area contributed by atoms with E-state index in [1.165, 1.54) is 36.5 Å². The van der Waals surface area contributed by atoms with Gasteiger partial charge >= 0.3 is 0 Å². The van der Waals surface area contributed by atoms with Crippen molar-refractivity contribution in [1.29, 1.82) is 0 Å². The van der Waals surface area contributed by atoms with Crippen molar-refractivity contribution in [2.45, 2.75) is 19.3 Å². The van der Waals surface area contributed by atoms with Crippen LogP contribution in [-0.4, -0.2) is 9.97 Å². The number of hydrogen-bond donors (Lipinski definition) is 1. The molecule has 3 rings (SSSR count). The van der Waals surface area contributed by atoms with E-state index in [1.807, 2.05) is 6.07 Å². The van der Waals surface area contributed by atoms with Gasteiger partial charge in [0.15, 0.2) is 0 Å². The molecule has 17 heavy (non-hydrogen) atoms. The molecule has 0 unspecified atom stereocenters. The summed E-state index contributed by atoms with van der Waals surface area (Å²) in [6, 6.07) is 6.16. The van der Waals surface area contributed by atoms with Crippen LogP contribution in [-0.2, 0) is 12.8 Å². The second-order valence-electron chi connectivity index (χ2n) is 4.17. The number of fused-ring (bicyclic) bond motifs is 1. The molecule has 0 saturated carbocycles. The molecule has 1 aliphatic rings. The Hall–Kier alpha value is -2.10. The molecule has 0 spiro atoms. The van der Waals surface area contributed by atoms with E-state index in [1.54, 1.807) is 0 Å². The zero-order valence-electron chi connectivity index (χ0n) is 9.39. The highest BCUT2D eigenvalue weighted by atomic mass is 16.5. The molecule has 0 fully saturated rings. The van der Waals surface area contributed by atoms with E-state index in [9.17, 15) is 0 Å². The maximum Gasteiger partial charge on any atom is 0.245 e. The lowest BCUT2D eigenvalue weighted by Gasteiger charge is -2.08. The van der Waals surface area contributed by atoms with Gasteiger partial charge in [-0.2, -0.15) is 4.98 Å². The van der Waals surface area contributed by atoms with Crippen LogP contribution in [0.15, 0.2) is 30.7 Å². The summed E-state index contributed by atoms with van der Waals surface area (Å²) in [5.74, 6) is 1.20. The van der Waals surface area contributed by atoms with Crippen LogP contribution in [0.25, 0.3) is 0 Å². The van der Waals surface area contributed by atoms with Crippen LogP contribution < -0.4 is 10.5 Å². The maximum absolute atomic E-state index is 5.73. The van der Waals surface area contributed by atoms with E-state index in [0.29, 0.717) is 11.6 Å². The van der Waals surface area contributed by atoms with Gasteiger partial charge in [0, 0.05) is 0 Å². The van der Waals surface area contributed by atoms with Crippen LogP contribution in [0.4, 0.5) is 5.69 Å². The molecule has 4 nitrogen and oxygen atoms in total. The molecule has 1 aromatic carbocycles. The number of benzene rings is 1. The normalized spacial score (nSPS) is 13.4. The summed E-state index contributed by atoms with van der Waals surface area (Å²) in [6.45, 7) is 0. The summed E-state index contributed by atoms with van der Waals surface area (Å²) in [5.41, 5.74) is 8.98. The highest BCUT2D eigenvalue weighted by Gasteiger charge is 2.12. The van der Waals surface area contributed by atoms with Gasteiger partial charge < -0.3 is 10.5 Å². The van der Waals surface area contributed by atoms with Crippen LogP contribution in [0.1, 0.15) is 17.5 Å². The van der Waals surface area contributed by atoms with E-state index in [2.05, 4.69) is 22.1 Å². The van der Waals surface area contributed by atoms with Crippen LogP contribution in [0.3, 0.4) is 0 Å². The first kappa shape index (κ1) is 10.1. The number of aromatic nitrogens is 2. The summed E-state index contributed by atoms with van der Waals surface area (Å²) in [5, 5.41) is 0. The lowest BCUT2D eigenvalue weighted by Crippen LogP contribution is -1.96. The Bertz CT molecular complexity index is 554. The Morgan fingerprint density at radius 2 is 2.06 bits per heavy atom. The number of nitrogens with two attached hydrogens (primary N) is 1. The molecule has 2 aromatic rings. The molecule has 0 saturated heterocycles. The molecule has 4 heteroatoms. The second kappa shape index (κ2) is 4.05. The Morgan fingerprint density at radius 1 is 1.18 bits per heavy atom. The third-order valence-corrected chi connectivity index (χ3v) is 2.99. The topological polar surface area (TPSA) is 61.0 Å². The van der Waals surface area contributed by atoms with Crippen LogP contribution >= 0.6 is 0 Å². The monoisotopic (exact) mass is 227 g/mol. The summed E-state index contributed by atoms with van der Waals surface area (Å²) in [7, 11) is 0. The molecule has 0 amide bonds. The third kappa shape index (κ3) is 1.93. The smallest absolute Gasteiger partial charge is 0.245 e. The van der Waals surface area contributed by atoms with Crippen molar-refractivity contribution >= 4 is 5.69 Å². The van der Waals surface area contributed by atoms with Gasteiger partial charge in [-0.05, 0) is 42.5 Å². The van der Waals surface area contributed by atoms with Gasteiger partial charge in [0.2, 0.25) is 5.88 Å². The van der Waals surface area contributed by atoms with Crippen molar-refractivity contribution in [1.82, 2.24) is 9.97 Å². The van der Waals surface area contributed by atoms with Crippen molar-refractivity contribution in [3.63, 3.8) is 0 Å². The SMILES string of the molecule is Nc1cncnc1Oc1ccc2c(c1)CCC2. The van der Waals surface area contributed by atoms with E-state index in [-0.39, 0.29) is 0 Å². The largest absolute Gasteiger partial charge is 0.437 e. The molecular formula is C13H13N3O. The first-order valence-electron chi connectivity index (χ1n) is 5.68. The lowest BCUT2D eigenvalue weighted by molar-refractivity contribution is 0.463. The van der Waals surface area contributed by atoms with Gasteiger partial charge in [-0.25, -0.2) is 4.98 Å². The maximum atomic E-state index is 5.73. The minimum atomic E-state index is 0.415. The van der Waals surface area contributed by atoms with E-state index in [4.69, 9.17) is 10.5 Å². The average Bonchev–Trinajstić information content (AvgIpc) is 2.79. The number of rotatable bonds is 2. The number of anilines is 1. The Balaban J connectivity index is 1.89. The second-order valence-corrected chi connectivity index (χ2v) is 4.17. The van der Waals surface area contributed by atoms with E-state index in [0.717, 1.165) is 12.2 Å². The quantitative estimate of drug-likeness (QED) is 0.855. The van der Waals surface area contributed by atoms with Crippen molar-refractivity contribution < 1.29 is 4.74 Å². The van der Waals surface area contributed by atoms with Crippen molar-refractivity contribution in [2.75, 3.05) is 5.73 Å². The highest BCUT2D eigenvalue weighted by Crippen LogP contribution is 2.29. The number of aryl methyl sites for hydroxylation is 2. The minimum absolute atomic E-state index is 0.415. The zero-order chi connectivity index (χ0) is 11.7. The van der Waals surface area contributed by atoms with Gasteiger partial charge in [-0.1, -0.05) is 6.07 Å². The molecular weight excluding hydrogens is 214 g/mol. The van der Waals surface area contributed by atoms with Gasteiger partial charge in [0.25, 0.3) is 0 Å². The Labute approximate surface area is 99.5 Å². The zero-order valence-corrected chi connectivity index (χ0v) is 9.39. The van der Waals surface area contributed by atoms with E-state index >= 15 is 0 Å². The highest BCUT2D eigenvalue weighted by molar-refractivity contribution is 5.48. The van der Waals surface area contributed by atoms with Gasteiger partial charge in [-0.15, -0.1) is 0 Å². The number of nitrogens with zero attached hydrogens (tertiary/aromatic N) is 2. The molecule has 1 aromatic heterocycles. The van der Waals surface area contributed by atoms with Gasteiger partial charge in [-0.3, -0.25) is 0 Å². The van der Waals surface area contributed by atoms with Crippen LogP contribution in [0, 0.1) is 0 Å². The summed E-state index contributed by atoms with van der Waals surface area (Å²) in [6.07, 6.45) is 6.50. The van der Waals surface area contributed by atoms with Crippen molar-refractivity contribution in [3.05, 3.63) is 41.9 Å². The number of hydrogen-bond acceptors (Lipinski definition) is 4. The summed E-state index contributed by atoms with van der Waals surface area (Å²) < 4.78 is 5.66. The minimum Gasteiger partial charge on any atom is -0.437 e. The molecule has 0 aliphatic heterocycles. The van der Waals surface area contributed by atoms with Crippen molar-refractivity contribution in [2.24, 2.45) is 0 Å². The first-order valence-corrected chi connectivity index (χ1v) is 5.68. The summed E-state index contributed by atoms with van der Waals surface area (Å²) >= 11 is 0. The number of nitrogen functional groups attached to an aromatic ring is 1. The predicted octanol–water partition coefficient (Wildman–Crippen LogP) is 2.34. The summed E-state index contributed by atoms with van der Waals surface area (Å²) in [4.78, 5) is 7.84. The molecule has 0 atom stereocenters. The fourth-order valence-corrected chi connectivity index (χ4v) is 2.14. The Kier molecular flexibility index (Phi) is 2.40. The third-order valence-electron chi connectivity index (χ3n) is 2.99. The average molecular weight is 227 g/mol. The molecule has 1 heterocycles. The lowest BCUT2D eigenvalue weighted by atomic mass is 10.1. The molecule has 2 N–H and O–H groups in total. The molecule has 86 valence electrons. The fourth-order valence-electron chi connectivity index (χ4n) is 2.14. The molecule has 0 radical (unpaired) electrons. The van der Waals surface area contributed by atoms with E-state index < -0.39 is 0 Å².